The molecule has 8 nitrogen and oxygen atoms in total. The van der Waals surface area contributed by atoms with Crippen molar-refractivity contribution in [1.29, 1.82) is 0 Å². The van der Waals surface area contributed by atoms with Gasteiger partial charge >= 0.3 is 0 Å². The zero-order valence-electron chi connectivity index (χ0n) is 11.4. The first kappa shape index (κ1) is 15.3. The van der Waals surface area contributed by atoms with Gasteiger partial charge in [0.05, 0.1) is 25.5 Å². The fourth-order valence-corrected chi connectivity index (χ4v) is 1.59. The summed E-state index contributed by atoms with van der Waals surface area (Å²) in [6, 6.07) is 0. The summed E-state index contributed by atoms with van der Waals surface area (Å²) < 4.78 is 17.2. The number of oxime groups is 1. The molecule has 0 aromatic carbocycles. The summed E-state index contributed by atoms with van der Waals surface area (Å²) in [6.45, 7) is 3.57. The van der Waals surface area contributed by atoms with E-state index in [2.05, 4.69) is 10.3 Å². The minimum Gasteiger partial charge on any atom is -0.475 e. The van der Waals surface area contributed by atoms with Crippen molar-refractivity contribution in [3.8, 4) is 5.88 Å². The zero-order valence-corrected chi connectivity index (χ0v) is 11.4. The summed E-state index contributed by atoms with van der Waals surface area (Å²) in [4.78, 5) is 0. The summed E-state index contributed by atoms with van der Waals surface area (Å²) in [5, 5.41) is 15.9. The predicted molar refractivity (Wildman–Crippen MR) is 68.6 cm³/mol. The molecular weight excluding hydrogens is 252 g/mol. The van der Waals surface area contributed by atoms with Gasteiger partial charge in [0.25, 0.3) is 0 Å². The van der Waals surface area contributed by atoms with Crippen molar-refractivity contribution in [2.45, 2.75) is 6.92 Å². The molecule has 0 atom stereocenters. The van der Waals surface area contributed by atoms with Crippen molar-refractivity contribution >= 4 is 5.84 Å². The van der Waals surface area contributed by atoms with Crippen molar-refractivity contribution in [3.05, 3.63) is 11.3 Å². The first-order valence-electron chi connectivity index (χ1n) is 5.82. The summed E-state index contributed by atoms with van der Waals surface area (Å²) >= 11 is 0. The van der Waals surface area contributed by atoms with Crippen LogP contribution >= 0.6 is 0 Å². The highest BCUT2D eigenvalue weighted by atomic mass is 16.5. The van der Waals surface area contributed by atoms with E-state index in [9.17, 15) is 0 Å². The Morgan fingerprint density at radius 3 is 2.68 bits per heavy atom. The smallest absolute Gasteiger partial charge is 0.223 e. The molecule has 0 aliphatic rings. The van der Waals surface area contributed by atoms with E-state index in [1.54, 1.807) is 21.1 Å². The molecule has 0 unspecified atom stereocenters. The number of aryl methyl sites for hydroxylation is 2. The lowest BCUT2D eigenvalue weighted by Gasteiger charge is -2.09. The van der Waals surface area contributed by atoms with E-state index in [1.807, 2.05) is 0 Å². The van der Waals surface area contributed by atoms with E-state index in [0.29, 0.717) is 43.6 Å². The van der Waals surface area contributed by atoms with E-state index in [-0.39, 0.29) is 5.84 Å². The molecule has 0 saturated carbocycles. The van der Waals surface area contributed by atoms with Gasteiger partial charge in [-0.05, 0) is 6.92 Å². The van der Waals surface area contributed by atoms with Crippen LogP contribution in [0.3, 0.4) is 0 Å². The number of hydrogen-bond acceptors (Lipinski definition) is 6. The lowest BCUT2D eigenvalue weighted by Crippen LogP contribution is -2.17. The maximum absolute atomic E-state index is 8.75. The summed E-state index contributed by atoms with van der Waals surface area (Å²) in [7, 11) is 3.34. The molecule has 0 spiro atoms. The minimum atomic E-state index is -0.0269. The molecule has 0 fully saturated rings. The first-order valence-corrected chi connectivity index (χ1v) is 5.82. The Bertz CT molecular complexity index is 431. The Morgan fingerprint density at radius 1 is 1.37 bits per heavy atom. The third-order valence-electron chi connectivity index (χ3n) is 2.43. The molecule has 0 bridgehead atoms. The Morgan fingerprint density at radius 2 is 2.05 bits per heavy atom. The molecule has 1 rings (SSSR count). The molecule has 0 amide bonds. The minimum absolute atomic E-state index is 0.0269. The Balaban J connectivity index is 2.58. The van der Waals surface area contributed by atoms with Crippen LogP contribution in [0.5, 0.6) is 5.88 Å². The molecule has 8 heteroatoms. The maximum Gasteiger partial charge on any atom is 0.223 e. The van der Waals surface area contributed by atoms with E-state index in [4.69, 9.17) is 25.2 Å². The second kappa shape index (κ2) is 7.59. The topological polar surface area (TPSA) is 104 Å². The second-order valence-electron chi connectivity index (χ2n) is 3.83. The summed E-state index contributed by atoms with van der Waals surface area (Å²) in [5.41, 5.74) is 6.72. The molecule has 3 N–H and O–H groups in total. The number of hydrogen-bond donors (Lipinski definition) is 2. The van der Waals surface area contributed by atoms with Gasteiger partial charge in [-0.25, -0.2) is 4.68 Å². The fraction of sp³-hybridized carbons (Fsp3) is 0.636. The lowest BCUT2D eigenvalue weighted by atomic mass is 10.2. The third-order valence-corrected chi connectivity index (χ3v) is 2.43. The number of nitrogens with zero attached hydrogens (tertiary/aromatic N) is 3. The van der Waals surface area contributed by atoms with Gasteiger partial charge in [0.1, 0.15) is 12.2 Å². The van der Waals surface area contributed by atoms with Crippen molar-refractivity contribution in [2.75, 3.05) is 33.5 Å². The van der Waals surface area contributed by atoms with Crippen LogP contribution in [0.4, 0.5) is 0 Å². The quantitative estimate of drug-likeness (QED) is 0.224. The van der Waals surface area contributed by atoms with Gasteiger partial charge in [0.15, 0.2) is 5.84 Å². The molecule has 0 radical (unpaired) electrons. The Kier molecular flexibility index (Phi) is 6.10. The molecule has 0 aliphatic heterocycles. The molecule has 0 saturated heterocycles. The van der Waals surface area contributed by atoms with Gasteiger partial charge in [-0.2, -0.15) is 5.10 Å². The normalized spacial score (nSPS) is 11.8. The van der Waals surface area contributed by atoms with Gasteiger partial charge in [-0.15, -0.1) is 0 Å². The highest BCUT2D eigenvalue weighted by Gasteiger charge is 2.18. The van der Waals surface area contributed by atoms with Crippen LogP contribution < -0.4 is 10.5 Å². The monoisotopic (exact) mass is 272 g/mol. The summed E-state index contributed by atoms with van der Waals surface area (Å²) in [5.74, 6) is 0.420. The van der Waals surface area contributed by atoms with Crippen LogP contribution in [0.25, 0.3) is 0 Å². The molecule has 1 heterocycles. The number of amidine groups is 1. The Labute approximate surface area is 111 Å². The van der Waals surface area contributed by atoms with Crippen LogP contribution in [-0.4, -0.2) is 54.4 Å². The van der Waals surface area contributed by atoms with Crippen molar-refractivity contribution in [1.82, 2.24) is 9.78 Å². The predicted octanol–water partition coefficient (Wildman–Crippen LogP) is -0.135. The second-order valence-corrected chi connectivity index (χ2v) is 3.83. The van der Waals surface area contributed by atoms with Gasteiger partial charge in [0.2, 0.25) is 5.88 Å². The number of methoxy groups -OCH3 is 1. The van der Waals surface area contributed by atoms with Crippen LogP contribution in [0.1, 0.15) is 11.3 Å². The molecular formula is C11H20N4O4. The van der Waals surface area contributed by atoms with Gasteiger partial charge in [-0.1, -0.05) is 5.16 Å². The van der Waals surface area contributed by atoms with Crippen molar-refractivity contribution < 1.29 is 19.4 Å². The zero-order chi connectivity index (χ0) is 14.3. The maximum atomic E-state index is 8.75. The van der Waals surface area contributed by atoms with Crippen LogP contribution in [-0.2, 0) is 16.5 Å². The van der Waals surface area contributed by atoms with Crippen LogP contribution in [0, 0.1) is 6.92 Å². The van der Waals surface area contributed by atoms with Gasteiger partial charge in [-0.3, -0.25) is 0 Å². The number of rotatable bonds is 8. The number of ether oxygens (including phenoxy) is 3. The molecule has 108 valence electrons. The lowest BCUT2D eigenvalue weighted by molar-refractivity contribution is 0.0529. The SMILES string of the molecule is COCCOCCOc1c(C(N)=NO)c(C)nn1C. The average Bonchev–Trinajstić information content (AvgIpc) is 2.67. The fourth-order valence-electron chi connectivity index (χ4n) is 1.59. The average molecular weight is 272 g/mol. The highest BCUT2D eigenvalue weighted by Crippen LogP contribution is 2.20. The molecule has 1 aromatic heterocycles. The molecule has 0 aliphatic carbocycles. The standard InChI is InChI=1S/C11H20N4O4/c1-8-9(10(12)14-16)11(15(2)13-8)19-7-6-18-5-4-17-3/h16H,4-7H2,1-3H3,(H2,12,14). The molecule has 1 aromatic rings. The van der Waals surface area contributed by atoms with E-state index in [1.165, 1.54) is 4.68 Å². The van der Waals surface area contributed by atoms with Crippen molar-refractivity contribution in [3.63, 3.8) is 0 Å². The molecule has 19 heavy (non-hydrogen) atoms. The van der Waals surface area contributed by atoms with Gasteiger partial charge in [0, 0.05) is 14.2 Å². The van der Waals surface area contributed by atoms with E-state index >= 15 is 0 Å². The Hall–Kier alpha value is -1.80. The largest absolute Gasteiger partial charge is 0.475 e. The first-order chi connectivity index (χ1) is 9.11. The number of nitrogens with two attached hydrogens (primary N) is 1. The third kappa shape index (κ3) is 4.11. The highest BCUT2D eigenvalue weighted by molar-refractivity contribution is 6.00. The van der Waals surface area contributed by atoms with Crippen LogP contribution in [0.2, 0.25) is 0 Å². The van der Waals surface area contributed by atoms with E-state index < -0.39 is 0 Å². The number of aromatic nitrogens is 2. The van der Waals surface area contributed by atoms with Crippen LogP contribution in [0.15, 0.2) is 5.16 Å². The van der Waals surface area contributed by atoms with E-state index in [0.717, 1.165) is 0 Å². The van der Waals surface area contributed by atoms with Gasteiger partial charge < -0.3 is 25.2 Å². The summed E-state index contributed by atoms with van der Waals surface area (Å²) in [6.07, 6.45) is 0. The van der Waals surface area contributed by atoms with Crippen molar-refractivity contribution in [2.24, 2.45) is 17.9 Å².